The quantitative estimate of drug-likeness (QED) is 0.346. The number of rotatable bonds is 9. The molecule has 1 heterocycles. The van der Waals surface area contributed by atoms with Gasteiger partial charge in [0.2, 0.25) is 11.8 Å². The molecule has 33 heavy (non-hydrogen) atoms. The number of halogens is 4. The number of benzene rings is 1. The topological polar surface area (TPSA) is 128 Å². The predicted octanol–water partition coefficient (Wildman–Crippen LogP) is 4.49. The molecule has 182 valence electrons. The number of hydrogen-bond donors (Lipinski definition) is 3. The highest BCUT2D eigenvalue weighted by Gasteiger charge is 2.32. The van der Waals surface area contributed by atoms with E-state index in [0.29, 0.717) is 24.9 Å². The minimum atomic E-state index is -4.82. The van der Waals surface area contributed by atoms with Gasteiger partial charge in [0.05, 0.1) is 4.92 Å². The first-order valence-electron chi connectivity index (χ1n) is 10.3. The van der Waals surface area contributed by atoms with Crippen LogP contribution in [0.3, 0.4) is 0 Å². The zero-order valence-electron chi connectivity index (χ0n) is 17.7. The Labute approximate surface area is 194 Å². The first-order valence-corrected chi connectivity index (χ1v) is 10.3. The summed E-state index contributed by atoms with van der Waals surface area (Å²) in [7, 11) is 0. The van der Waals surface area contributed by atoms with Gasteiger partial charge < -0.3 is 21.1 Å². The molecule has 0 spiro atoms. The summed E-state index contributed by atoms with van der Waals surface area (Å²) in [6.07, 6.45) is 0.271. The Kier molecular flexibility index (Phi) is 9.47. The number of para-hydroxylation sites is 1. The third-order valence-corrected chi connectivity index (χ3v) is 5.46. The van der Waals surface area contributed by atoms with Crippen LogP contribution in [0.4, 0.5) is 30.6 Å². The summed E-state index contributed by atoms with van der Waals surface area (Å²) in [5.74, 6) is 0.649. The maximum atomic E-state index is 12.6. The van der Waals surface area contributed by atoms with E-state index >= 15 is 0 Å². The molecule has 0 bridgehead atoms. The average molecular weight is 491 g/mol. The summed E-state index contributed by atoms with van der Waals surface area (Å²) in [4.78, 5) is 18.9. The molecule has 2 aromatic rings. The number of hydrogen-bond acceptors (Lipinski definition) is 8. The minimum absolute atomic E-state index is 0. The van der Waals surface area contributed by atoms with Gasteiger partial charge in [-0.25, -0.2) is 4.98 Å². The van der Waals surface area contributed by atoms with Gasteiger partial charge in [-0.3, -0.25) is 10.1 Å². The third-order valence-electron chi connectivity index (χ3n) is 5.46. The molecule has 0 saturated heterocycles. The number of nitro groups is 1. The van der Waals surface area contributed by atoms with E-state index in [0.717, 1.165) is 31.9 Å². The maximum absolute atomic E-state index is 12.6. The normalized spacial score (nSPS) is 18.2. The highest BCUT2D eigenvalue weighted by Crippen LogP contribution is 2.30. The van der Waals surface area contributed by atoms with Crippen LogP contribution in [0.25, 0.3) is 0 Å². The molecule has 1 fully saturated rings. The lowest BCUT2D eigenvalue weighted by molar-refractivity contribution is -0.384. The molecule has 1 aliphatic rings. The van der Waals surface area contributed by atoms with Gasteiger partial charge in [0, 0.05) is 18.7 Å². The van der Waals surface area contributed by atoms with Crippen LogP contribution in [0.2, 0.25) is 0 Å². The standard InChI is InChI=1S/C20H25F3N6O3.ClH/c21-20(22,23)32-17-4-2-1-3-15(17)11-26-19-27-12-16(29(30)31)18(28-19)25-10-14-7-5-13(9-24)6-8-14;/h1-4,12-14H,5-11,24H2,(H2,25,26,27,28);1H. The van der Waals surface area contributed by atoms with E-state index in [4.69, 9.17) is 5.73 Å². The Balaban J connectivity index is 0.00000385. The van der Waals surface area contributed by atoms with E-state index in [1.54, 1.807) is 6.07 Å². The lowest BCUT2D eigenvalue weighted by Crippen LogP contribution is -2.25. The minimum Gasteiger partial charge on any atom is -0.405 e. The Morgan fingerprint density at radius 1 is 1.15 bits per heavy atom. The van der Waals surface area contributed by atoms with E-state index < -0.39 is 11.3 Å². The maximum Gasteiger partial charge on any atom is 0.573 e. The van der Waals surface area contributed by atoms with Crippen LogP contribution in [0.5, 0.6) is 5.75 Å². The van der Waals surface area contributed by atoms with Crippen molar-refractivity contribution in [2.24, 2.45) is 17.6 Å². The Bertz CT molecular complexity index is 926. The lowest BCUT2D eigenvalue weighted by atomic mass is 9.82. The predicted molar refractivity (Wildman–Crippen MR) is 119 cm³/mol. The fourth-order valence-electron chi connectivity index (χ4n) is 3.69. The number of aromatic nitrogens is 2. The second kappa shape index (κ2) is 11.8. The molecule has 3 rings (SSSR count). The number of nitrogens with zero attached hydrogens (tertiary/aromatic N) is 3. The molecule has 1 aromatic heterocycles. The van der Waals surface area contributed by atoms with Crippen LogP contribution >= 0.6 is 12.4 Å². The van der Waals surface area contributed by atoms with Gasteiger partial charge in [-0.1, -0.05) is 18.2 Å². The Morgan fingerprint density at radius 2 is 1.82 bits per heavy atom. The van der Waals surface area contributed by atoms with Crippen molar-refractivity contribution in [3.8, 4) is 5.75 Å². The summed E-state index contributed by atoms with van der Waals surface area (Å²) in [5.41, 5.74) is 5.68. The molecule has 1 aliphatic carbocycles. The van der Waals surface area contributed by atoms with Gasteiger partial charge >= 0.3 is 12.0 Å². The van der Waals surface area contributed by atoms with Gasteiger partial charge in [-0.05, 0) is 50.1 Å². The SMILES string of the molecule is Cl.NCC1CCC(CNc2nc(NCc3ccccc3OC(F)(F)F)ncc2[N+](=O)[O-])CC1. The molecule has 0 aliphatic heterocycles. The fraction of sp³-hybridized carbons (Fsp3) is 0.500. The van der Waals surface area contributed by atoms with Crippen LogP contribution in [0.15, 0.2) is 30.5 Å². The van der Waals surface area contributed by atoms with E-state index in [1.165, 1.54) is 18.2 Å². The Hall–Kier alpha value is -2.86. The van der Waals surface area contributed by atoms with Crippen LogP contribution in [0, 0.1) is 22.0 Å². The van der Waals surface area contributed by atoms with Crippen molar-refractivity contribution >= 4 is 29.9 Å². The molecular formula is C20H26ClF3N6O3. The van der Waals surface area contributed by atoms with Gasteiger partial charge in [-0.15, -0.1) is 25.6 Å². The van der Waals surface area contributed by atoms with Crippen LogP contribution in [-0.2, 0) is 6.54 Å². The van der Waals surface area contributed by atoms with Crippen molar-refractivity contribution in [1.29, 1.82) is 0 Å². The van der Waals surface area contributed by atoms with Crippen molar-refractivity contribution in [2.45, 2.75) is 38.6 Å². The largest absolute Gasteiger partial charge is 0.573 e. The van der Waals surface area contributed by atoms with Crippen LogP contribution in [0.1, 0.15) is 31.2 Å². The van der Waals surface area contributed by atoms with Gasteiger partial charge in [-0.2, -0.15) is 4.98 Å². The van der Waals surface area contributed by atoms with Crippen molar-refractivity contribution < 1.29 is 22.8 Å². The second-order valence-corrected chi connectivity index (χ2v) is 7.70. The van der Waals surface area contributed by atoms with E-state index in [-0.39, 0.29) is 47.7 Å². The number of nitrogens with one attached hydrogen (secondary N) is 2. The van der Waals surface area contributed by atoms with Crippen molar-refractivity contribution in [3.63, 3.8) is 0 Å². The molecule has 0 atom stereocenters. The molecular weight excluding hydrogens is 465 g/mol. The summed E-state index contributed by atoms with van der Waals surface area (Å²) in [6.45, 7) is 1.13. The fourth-order valence-corrected chi connectivity index (χ4v) is 3.69. The first kappa shape index (κ1) is 26.4. The average Bonchev–Trinajstić information content (AvgIpc) is 2.76. The molecule has 0 radical (unpaired) electrons. The van der Waals surface area contributed by atoms with Crippen molar-refractivity contribution in [3.05, 3.63) is 46.1 Å². The van der Waals surface area contributed by atoms with Crippen molar-refractivity contribution in [1.82, 2.24) is 9.97 Å². The molecule has 4 N–H and O–H groups in total. The van der Waals surface area contributed by atoms with E-state index in [1.807, 2.05) is 0 Å². The zero-order valence-corrected chi connectivity index (χ0v) is 18.5. The highest BCUT2D eigenvalue weighted by molar-refractivity contribution is 5.85. The van der Waals surface area contributed by atoms with Gasteiger partial charge in [0.1, 0.15) is 11.9 Å². The summed E-state index contributed by atoms with van der Waals surface area (Å²) in [5, 5.41) is 17.2. The Morgan fingerprint density at radius 3 is 2.45 bits per heavy atom. The van der Waals surface area contributed by atoms with Crippen molar-refractivity contribution in [2.75, 3.05) is 23.7 Å². The number of ether oxygens (including phenoxy) is 1. The second-order valence-electron chi connectivity index (χ2n) is 7.70. The van der Waals surface area contributed by atoms with Gasteiger partial charge in [0.25, 0.3) is 0 Å². The highest BCUT2D eigenvalue weighted by atomic mass is 35.5. The van der Waals surface area contributed by atoms with E-state index in [2.05, 4.69) is 25.3 Å². The lowest BCUT2D eigenvalue weighted by Gasteiger charge is -2.27. The van der Waals surface area contributed by atoms with Crippen LogP contribution < -0.4 is 21.1 Å². The molecule has 0 unspecified atom stereocenters. The molecule has 9 nitrogen and oxygen atoms in total. The third kappa shape index (κ3) is 7.90. The summed E-state index contributed by atoms with van der Waals surface area (Å²) >= 11 is 0. The zero-order chi connectivity index (χ0) is 23.1. The molecule has 1 saturated carbocycles. The molecule has 1 aromatic carbocycles. The number of nitrogens with two attached hydrogens (primary N) is 1. The van der Waals surface area contributed by atoms with Gasteiger partial charge in [0.15, 0.2) is 0 Å². The number of anilines is 2. The van der Waals surface area contributed by atoms with Crippen LogP contribution in [-0.4, -0.2) is 34.3 Å². The molecule has 13 heteroatoms. The number of alkyl halides is 3. The van der Waals surface area contributed by atoms with E-state index in [9.17, 15) is 23.3 Å². The summed E-state index contributed by atoms with van der Waals surface area (Å²) in [6, 6.07) is 5.67. The molecule has 0 amide bonds. The summed E-state index contributed by atoms with van der Waals surface area (Å²) < 4.78 is 41.8. The monoisotopic (exact) mass is 490 g/mol. The first-order chi connectivity index (χ1) is 15.2. The smallest absolute Gasteiger partial charge is 0.405 e.